The predicted molar refractivity (Wildman–Crippen MR) is 76.7 cm³/mol. The third kappa shape index (κ3) is 5.33. The molecule has 120 valence electrons. The van der Waals surface area contributed by atoms with E-state index in [1.807, 2.05) is 0 Å². The predicted octanol–water partition coefficient (Wildman–Crippen LogP) is 1.39. The molecular formula is C15H23FO5. The van der Waals surface area contributed by atoms with Gasteiger partial charge in [0.2, 0.25) is 0 Å². The minimum Gasteiger partial charge on any atom is -0.375 e. The van der Waals surface area contributed by atoms with Crippen LogP contribution in [0.3, 0.4) is 0 Å². The summed E-state index contributed by atoms with van der Waals surface area (Å²) in [6.07, 6.45) is -1.08. The highest BCUT2D eigenvalue weighted by molar-refractivity contribution is 4.92. The van der Waals surface area contributed by atoms with E-state index in [2.05, 4.69) is 19.7 Å². The maximum absolute atomic E-state index is 14.5. The molecule has 0 aromatic rings. The van der Waals surface area contributed by atoms with Crippen molar-refractivity contribution in [1.29, 1.82) is 0 Å². The molecule has 6 heteroatoms. The van der Waals surface area contributed by atoms with Gasteiger partial charge in [0.15, 0.2) is 12.5 Å². The second-order valence-corrected chi connectivity index (χ2v) is 4.51. The van der Waals surface area contributed by atoms with Crippen molar-refractivity contribution in [2.24, 2.45) is 0 Å². The van der Waals surface area contributed by atoms with E-state index in [0.29, 0.717) is 0 Å². The normalized spacial score (nSPS) is 32.6. The minimum absolute atomic E-state index is 0.00757. The average molecular weight is 302 g/mol. The van der Waals surface area contributed by atoms with Crippen LogP contribution >= 0.6 is 0 Å². The van der Waals surface area contributed by atoms with Gasteiger partial charge >= 0.3 is 0 Å². The van der Waals surface area contributed by atoms with E-state index in [9.17, 15) is 9.50 Å². The molecule has 0 saturated carbocycles. The third-order valence-electron chi connectivity index (χ3n) is 2.92. The van der Waals surface area contributed by atoms with Gasteiger partial charge in [-0.2, -0.15) is 0 Å². The number of rotatable bonds is 10. The second-order valence-electron chi connectivity index (χ2n) is 4.51. The highest BCUT2D eigenvalue weighted by Gasteiger charge is 2.47. The molecule has 0 aliphatic carbocycles. The van der Waals surface area contributed by atoms with E-state index < -0.39 is 30.8 Å². The van der Waals surface area contributed by atoms with Crippen LogP contribution in [0.1, 0.15) is 0 Å². The number of ether oxygens (including phenoxy) is 4. The number of alkyl halides is 1. The van der Waals surface area contributed by atoms with Gasteiger partial charge in [0.1, 0.15) is 18.3 Å². The summed E-state index contributed by atoms with van der Waals surface area (Å²) in [6.45, 7) is 11.1. The van der Waals surface area contributed by atoms with E-state index in [1.165, 1.54) is 12.2 Å². The van der Waals surface area contributed by atoms with Gasteiger partial charge in [0, 0.05) is 0 Å². The molecule has 1 saturated heterocycles. The summed E-state index contributed by atoms with van der Waals surface area (Å²) in [5.74, 6) is 0. The molecule has 5 atom stereocenters. The van der Waals surface area contributed by atoms with E-state index >= 15 is 0 Å². The van der Waals surface area contributed by atoms with E-state index in [0.717, 1.165) is 0 Å². The Morgan fingerprint density at radius 1 is 1.00 bits per heavy atom. The smallest absolute Gasteiger partial charge is 0.184 e. The zero-order chi connectivity index (χ0) is 15.7. The van der Waals surface area contributed by atoms with Crippen LogP contribution < -0.4 is 0 Å². The van der Waals surface area contributed by atoms with Gasteiger partial charge in [0.05, 0.1) is 26.4 Å². The molecule has 1 N–H and O–H groups in total. The van der Waals surface area contributed by atoms with Crippen LogP contribution in [0.4, 0.5) is 4.39 Å². The summed E-state index contributed by atoms with van der Waals surface area (Å²) >= 11 is 0. The first-order valence-electron chi connectivity index (χ1n) is 6.76. The van der Waals surface area contributed by atoms with Crippen LogP contribution in [-0.2, 0) is 18.9 Å². The Morgan fingerprint density at radius 3 is 2.14 bits per heavy atom. The van der Waals surface area contributed by atoms with E-state index in [-0.39, 0.29) is 26.4 Å². The molecular weight excluding hydrogens is 279 g/mol. The summed E-state index contributed by atoms with van der Waals surface area (Å²) in [6, 6.07) is 0. The van der Waals surface area contributed by atoms with Crippen LogP contribution in [0.5, 0.6) is 0 Å². The van der Waals surface area contributed by atoms with Crippen molar-refractivity contribution in [2.45, 2.75) is 30.8 Å². The number of hydrogen-bond donors (Lipinski definition) is 1. The number of aliphatic hydroxyl groups excluding tert-OH is 1. The van der Waals surface area contributed by atoms with Gasteiger partial charge in [-0.1, -0.05) is 18.2 Å². The Kier molecular flexibility index (Phi) is 8.41. The van der Waals surface area contributed by atoms with Crippen molar-refractivity contribution in [3.63, 3.8) is 0 Å². The SMILES string of the molecule is C=CCOC[C@H]1O[C@H](O)[C@H](OCC=C)[C@@H](OCC=C)[C@@H]1F. The molecule has 0 unspecified atom stereocenters. The lowest BCUT2D eigenvalue weighted by atomic mass is 10.00. The van der Waals surface area contributed by atoms with Gasteiger partial charge in [-0.15, -0.1) is 19.7 Å². The fourth-order valence-corrected chi connectivity index (χ4v) is 2.01. The monoisotopic (exact) mass is 302 g/mol. The fraction of sp³-hybridized carbons (Fsp3) is 0.600. The zero-order valence-corrected chi connectivity index (χ0v) is 12.0. The highest BCUT2D eigenvalue weighted by atomic mass is 19.1. The van der Waals surface area contributed by atoms with E-state index in [4.69, 9.17) is 18.9 Å². The molecule has 0 amide bonds. The molecule has 1 aliphatic heterocycles. The topological polar surface area (TPSA) is 57.2 Å². The Hall–Kier alpha value is -1.05. The molecule has 0 aromatic heterocycles. The first kappa shape index (κ1) is 18.0. The van der Waals surface area contributed by atoms with Crippen LogP contribution in [0.2, 0.25) is 0 Å². The van der Waals surface area contributed by atoms with Crippen molar-refractivity contribution < 1.29 is 28.4 Å². The van der Waals surface area contributed by atoms with Gasteiger partial charge in [0.25, 0.3) is 0 Å². The lowest BCUT2D eigenvalue weighted by molar-refractivity contribution is -0.291. The highest BCUT2D eigenvalue weighted by Crippen LogP contribution is 2.27. The maximum Gasteiger partial charge on any atom is 0.184 e. The van der Waals surface area contributed by atoms with Gasteiger partial charge < -0.3 is 24.1 Å². The summed E-state index contributed by atoms with van der Waals surface area (Å²) in [5, 5.41) is 9.98. The quantitative estimate of drug-likeness (QED) is 0.488. The van der Waals surface area contributed by atoms with Gasteiger partial charge in [-0.25, -0.2) is 4.39 Å². The fourth-order valence-electron chi connectivity index (χ4n) is 2.01. The summed E-state index contributed by atoms with van der Waals surface area (Å²) in [4.78, 5) is 0. The van der Waals surface area contributed by atoms with Gasteiger partial charge in [-0.05, 0) is 0 Å². The molecule has 1 aliphatic rings. The van der Waals surface area contributed by atoms with Gasteiger partial charge in [-0.3, -0.25) is 0 Å². The standard InChI is InChI=1S/C15H23FO5/c1-4-7-18-10-11-12(16)13(19-8-5-2)14(15(17)21-11)20-9-6-3/h4-6,11-15,17H,1-3,7-10H2/t11-,12-,13+,14-,15+/m1/s1. The lowest BCUT2D eigenvalue weighted by Gasteiger charge is -2.41. The molecule has 1 heterocycles. The Bertz CT molecular complexity index is 336. The molecule has 1 rings (SSSR count). The minimum atomic E-state index is -1.49. The van der Waals surface area contributed by atoms with Crippen LogP contribution in [0.25, 0.3) is 0 Å². The average Bonchev–Trinajstić information content (AvgIpc) is 2.48. The first-order chi connectivity index (χ1) is 10.2. The molecule has 5 nitrogen and oxygen atoms in total. The maximum atomic E-state index is 14.5. The molecule has 0 radical (unpaired) electrons. The summed E-state index contributed by atoms with van der Waals surface area (Å²) < 4.78 is 35.7. The molecule has 1 fully saturated rings. The number of halogens is 1. The largest absolute Gasteiger partial charge is 0.375 e. The second kappa shape index (κ2) is 9.81. The van der Waals surface area contributed by atoms with E-state index in [1.54, 1.807) is 6.08 Å². The Labute approximate surface area is 124 Å². The molecule has 21 heavy (non-hydrogen) atoms. The molecule has 0 bridgehead atoms. The molecule has 0 spiro atoms. The van der Waals surface area contributed by atoms with Crippen molar-refractivity contribution >= 4 is 0 Å². The van der Waals surface area contributed by atoms with Crippen molar-refractivity contribution in [3.8, 4) is 0 Å². The van der Waals surface area contributed by atoms with Crippen LogP contribution in [0.15, 0.2) is 38.0 Å². The number of aliphatic hydroxyl groups is 1. The Morgan fingerprint density at radius 2 is 1.57 bits per heavy atom. The third-order valence-corrected chi connectivity index (χ3v) is 2.92. The first-order valence-corrected chi connectivity index (χ1v) is 6.76. The Balaban J connectivity index is 2.71. The van der Waals surface area contributed by atoms with Crippen molar-refractivity contribution in [2.75, 3.05) is 26.4 Å². The number of hydrogen-bond acceptors (Lipinski definition) is 5. The lowest BCUT2D eigenvalue weighted by Crippen LogP contribution is -2.59. The van der Waals surface area contributed by atoms with Crippen LogP contribution in [-0.4, -0.2) is 62.3 Å². The summed E-state index contributed by atoms with van der Waals surface area (Å²) in [5.41, 5.74) is 0. The summed E-state index contributed by atoms with van der Waals surface area (Å²) in [7, 11) is 0. The van der Waals surface area contributed by atoms with Crippen molar-refractivity contribution in [1.82, 2.24) is 0 Å². The van der Waals surface area contributed by atoms with Crippen molar-refractivity contribution in [3.05, 3.63) is 38.0 Å². The van der Waals surface area contributed by atoms with Crippen LogP contribution in [0, 0.1) is 0 Å². The zero-order valence-electron chi connectivity index (χ0n) is 12.0. The molecule has 0 aromatic carbocycles.